The van der Waals surface area contributed by atoms with Gasteiger partial charge in [-0.25, -0.2) is 0 Å². The maximum Gasteiger partial charge on any atom is 0.220 e. The van der Waals surface area contributed by atoms with Gasteiger partial charge in [0.1, 0.15) is 0 Å². The van der Waals surface area contributed by atoms with Crippen molar-refractivity contribution in [3.8, 4) is 0 Å². The van der Waals surface area contributed by atoms with Crippen LogP contribution in [0.4, 0.5) is 0 Å². The first-order chi connectivity index (χ1) is 11.1. The third kappa shape index (κ3) is 5.85. The Labute approximate surface area is 145 Å². The second kappa shape index (κ2) is 9.33. The van der Waals surface area contributed by atoms with Crippen molar-refractivity contribution < 1.29 is 4.79 Å². The normalized spacial score (nSPS) is 20.7. The summed E-state index contributed by atoms with van der Waals surface area (Å²) < 4.78 is 0. The second-order valence-electron chi connectivity index (χ2n) is 6.58. The molecule has 1 amide bonds. The first-order valence-corrected chi connectivity index (χ1v) is 9.81. The zero-order valence-electron chi connectivity index (χ0n) is 14.6. The number of carbonyl (C=O) groups is 1. The third-order valence-corrected chi connectivity index (χ3v) is 5.61. The Hall–Kier alpha value is -1.00. The van der Waals surface area contributed by atoms with Crippen molar-refractivity contribution in [3.05, 3.63) is 29.8 Å². The van der Waals surface area contributed by atoms with Crippen LogP contribution in [0, 0.1) is 11.8 Å². The summed E-state index contributed by atoms with van der Waals surface area (Å²) in [7, 11) is 0. The number of amides is 1. The van der Waals surface area contributed by atoms with Gasteiger partial charge in [0, 0.05) is 11.3 Å². The zero-order valence-corrected chi connectivity index (χ0v) is 15.4. The molecule has 0 radical (unpaired) electrons. The minimum absolute atomic E-state index is 0.0693. The average Bonchev–Trinajstić information content (AvgIpc) is 2.56. The molecule has 2 rings (SSSR count). The summed E-state index contributed by atoms with van der Waals surface area (Å²) in [5, 5.41) is 6.59. The Morgan fingerprint density at radius 3 is 2.70 bits per heavy atom. The van der Waals surface area contributed by atoms with E-state index in [0.717, 1.165) is 18.8 Å². The molecule has 0 spiro atoms. The van der Waals surface area contributed by atoms with Crippen molar-refractivity contribution in [2.75, 3.05) is 18.8 Å². The molecular formula is C19H30N2OS. The molecule has 0 aliphatic carbocycles. The zero-order chi connectivity index (χ0) is 16.7. The molecule has 1 aliphatic heterocycles. The van der Waals surface area contributed by atoms with E-state index in [9.17, 15) is 4.79 Å². The fourth-order valence-electron chi connectivity index (χ4n) is 3.23. The quantitative estimate of drug-likeness (QED) is 0.741. The van der Waals surface area contributed by atoms with Crippen LogP contribution in [0.3, 0.4) is 0 Å². The molecule has 128 valence electrons. The van der Waals surface area contributed by atoms with E-state index in [1.807, 2.05) is 11.8 Å². The number of hydrogen-bond donors (Lipinski definition) is 2. The van der Waals surface area contributed by atoms with Gasteiger partial charge in [0.25, 0.3) is 0 Å². The van der Waals surface area contributed by atoms with Crippen LogP contribution in [0.25, 0.3) is 0 Å². The molecule has 3 unspecified atom stereocenters. The van der Waals surface area contributed by atoms with Gasteiger partial charge in [-0.05, 0) is 68.1 Å². The lowest BCUT2D eigenvalue weighted by atomic mass is 9.85. The van der Waals surface area contributed by atoms with Crippen LogP contribution in [0.15, 0.2) is 29.2 Å². The second-order valence-corrected chi connectivity index (χ2v) is 7.92. The van der Waals surface area contributed by atoms with E-state index < -0.39 is 0 Å². The Bertz CT molecular complexity index is 483. The predicted octanol–water partition coefficient (Wildman–Crippen LogP) is 4.00. The molecule has 1 fully saturated rings. The van der Waals surface area contributed by atoms with Gasteiger partial charge < -0.3 is 10.6 Å². The number of thioether (sulfide) groups is 1. The molecule has 1 aromatic carbocycles. The molecule has 4 heteroatoms. The summed E-state index contributed by atoms with van der Waals surface area (Å²) in [6.45, 7) is 8.61. The highest BCUT2D eigenvalue weighted by molar-refractivity contribution is 7.99. The Balaban J connectivity index is 1.81. The van der Waals surface area contributed by atoms with Gasteiger partial charge in [0.05, 0.1) is 6.04 Å². The molecule has 0 saturated carbocycles. The van der Waals surface area contributed by atoms with Crippen LogP contribution < -0.4 is 10.6 Å². The van der Waals surface area contributed by atoms with Crippen molar-refractivity contribution in [1.82, 2.24) is 10.6 Å². The van der Waals surface area contributed by atoms with Gasteiger partial charge in [-0.3, -0.25) is 4.79 Å². The lowest BCUT2D eigenvalue weighted by Gasteiger charge is -2.28. The summed E-state index contributed by atoms with van der Waals surface area (Å²) in [6, 6.07) is 8.60. The van der Waals surface area contributed by atoms with E-state index >= 15 is 0 Å². The molecule has 0 bridgehead atoms. The van der Waals surface area contributed by atoms with E-state index in [2.05, 4.69) is 55.7 Å². The molecule has 3 nitrogen and oxygen atoms in total. The molecule has 1 saturated heterocycles. The summed E-state index contributed by atoms with van der Waals surface area (Å²) in [5.74, 6) is 2.33. The minimum atomic E-state index is 0.0693. The summed E-state index contributed by atoms with van der Waals surface area (Å²) in [4.78, 5) is 13.6. The minimum Gasteiger partial charge on any atom is -0.350 e. The monoisotopic (exact) mass is 334 g/mol. The van der Waals surface area contributed by atoms with Gasteiger partial charge in [0.15, 0.2) is 0 Å². The maximum atomic E-state index is 12.3. The standard InChI is InChI=1S/C19H30N2OS/c1-4-23-18-9-7-16(8-10-18)15(3)21-19(22)12-14(2)17-6-5-11-20-13-17/h7-10,14-15,17,20H,4-6,11-13H2,1-3H3,(H,21,22). The smallest absolute Gasteiger partial charge is 0.220 e. The third-order valence-electron chi connectivity index (χ3n) is 4.72. The molecule has 3 atom stereocenters. The topological polar surface area (TPSA) is 41.1 Å². The van der Waals surface area contributed by atoms with Crippen molar-refractivity contribution in [3.63, 3.8) is 0 Å². The largest absolute Gasteiger partial charge is 0.350 e. The van der Waals surface area contributed by atoms with Crippen molar-refractivity contribution in [2.24, 2.45) is 11.8 Å². The summed E-state index contributed by atoms with van der Waals surface area (Å²) in [6.07, 6.45) is 3.10. The SMILES string of the molecule is CCSc1ccc(C(C)NC(=O)CC(C)C2CCCNC2)cc1. The molecule has 2 N–H and O–H groups in total. The van der Waals surface area contributed by atoms with E-state index in [4.69, 9.17) is 0 Å². The number of piperidine rings is 1. The number of nitrogens with one attached hydrogen (secondary N) is 2. The van der Waals surface area contributed by atoms with Crippen molar-refractivity contribution >= 4 is 17.7 Å². The first kappa shape index (κ1) is 18.3. The van der Waals surface area contributed by atoms with E-state index in [0.29, 0.717) is 18.3 Å². The lowest BCUT2D eigenvalue weighted by molar-refractivity contribution is -0.123. The van der Waals surface area contributed by atoms with E-state index in [1.165, 1.54) is 23.3 Å². The molecule has 23 heavy (non-hydrogen) atoms. The Morgan fingerprint density at radius 2 is 2.09 bits per heavy atom. The fraction of sp³-hybridized carbons (Fsp3) is 0.632. The lowest BCUT2D eigenvalue weighted by Crippen LogP contribution is -2.36. The van der Waals surface area contributed by atoms with Crippen LogP contribution in [-0.4, -0.2) is 24.7 Å². The van der Waals surface area contributed by atoms with Crippen LogP contribution in [0.2, 0.25) is 0 Å². The van der Waals surface area contributed by atoms with Gasteiger partial charge in [0.2, 0.25) is 5.91 Å². The molecule has 0 aromatic heterocycles. The average molecular weight is 335 g/mol. The van der Waals surface area contributed by atoms with Crippen LogP contribution in [-0.2, 0) is 4.79 Å². The van der Waals surface area contributed by atoms with Gasteiger partial charge >= 0.3 is 0 Å². The van der Waals surface area contributed by atoms with E-state index in [1.54, 1.807) is 0 Å². The number of benzene rings is 1. The van der Waals surface area contributed by atoms with E-state index in [-0.39, 0.29) is 11.9 Å². The predicted molar refractivity (Wildman–Crippen MR) is 98.8 cm³/mol. The Kier molecular flexibility index (Phi) is 7.44. The van der Waals surface area contributed by atoms with Crippen LogP contribution >= 0.6 is 11.8 Å². The molecule has 1 aliphatic rings. The highest BCUT2D eigenvalue weighted by Gasteiger charge is 2.22. The summed E-state index contributed by atoms with van der Waals surface area (Å²) in [5.41, 5.74) is 1.17. The summed E-state index contributed by atoms with van der Waals surface area (Å²) >= 11 is 1.84. The highest BCUT2D eigenvalue weighted by Crippen LogP contribution is 2.24. The van der Waals surface area contributed by atoms with Crippen LogP contribution in [0.5, 0.6) is 0 Å². The fourth-order valence-corrected chi connectivity index (χ4v) is 3.89. The highest BCUT2D eigenvalue weighted by atomic mass is 32.2. The maximum absolute atomic E-state index is 12.3. The van der Waals surface area contributed by atoms with Gasteiger partial charge in [-0.15, -0.1) is 11.8 Å². The number of hydrogen-bond acceptors (Lipinski definition) is 3. The molecular weight excluding hydrogens is 304 g/mol. The number of rotatable bonds is 7. The Morgan fingerprint density at radius 1 is 1.35 bits per heavy atom. The molecule has 1 heterocycles. The van der Waals surface area contributed by atoms with Gasteiger partial charge in [-0.1, -0.05) is 26.0 Å². The van der Waals surface area contributed by atoms with Gasteiger partial charge in [-0.2, -0.15) is 0 Å². The van der Waals surface area contributed by atoms with Crippen molar-refractivity contribution in [2.45, 2.75) is 51.0 Å². The first-order valence-electron chi connectivity index (χ1n) is 8.83. The van der Waals surface area contributed by atoms with Crippen molar-refractivity contribution in [1.29, 1.82) is 0 Å². The number of carbonyl (C=O) groups excluding carboxylic acids is 1. The van der Waals surface area contributed by atoms with Crippen LogP contribution in [0.1, 0.15) is 51.6 Å². The molecule has 1 aromatic rings.